The smallest absolute Gasteiger partial charge is 0.0945 e. The molecule has 2 nitrogen and oxygen atoms in total. The molecule has 0 aromatic heterocycles. The lowest BCUT2D eigenvalue weighted by Crippen LogP contribution is -2.39. The van der Waals surface area contributed by atoms with Crippen molar-refractivity contribution < 1.29 is 5.11 Å². The average Bonchev–Trinajstić information content (AvgIpc) is 2.40. The van der Waals surface area contributed by atoms with Gasteiger partial charge in [0.1, 0.15) is 0 Å². The van der Waals surface area contributed by atoms with Crippen molar-refractivity contribution in [2.45, 2.75) is 59.1 Å². The van der Waals surface area contributed by atoms with Gasteiger partial charge in [-0.25, -0.2) is 0 Å². The first-order valence-electron chi connectivity index (χ1n) is 7.60. The van der Waals surface area contributed by atoms with Crippen LogP contribution in [0.25, 0.3) is 0 Å². The van der Waals surface area contributed by atoms with Gasteiger partial charge >= 0.3 is 0 Å². The molecule has 2 unspecified atom stereocenters. The van der Waals surface area contributed by atoms with Gasteiger partial charge in [-0.05, 0) is 36.4 Å². The molecule has 0 amide bonds. The van der Waals surface area contributed by atoms with Gasteiger partial charge < -0.3 is 10.4 Å². The van der Waals surface area contributed by atoms with Crippen LogP contribution in [-0.4, -0.2) is 17.7 Å². The molecule has 2 atom stereocenters. The Morgan fingerprint density at radius 1 is 1.05 bits per heavy atom. The van der Waals surface area contributed by atoms with Crippen molar-refractivity contribution in [1.29, 1.82) is 0 Å². The fourth-order valence-electron chi connectivity index (χ4n) is 2.40. The van der Waals surface area contributed by atoms with Crippen molar-refractivity contribution in [2.75, 3.05) is 6.54 Å². The third kappa shape index (κ3) is 4.96. The molecule has 2 heteroatoms. The fourth-order valence-corrected chi connectivity index (χ4v) is 2.40. The van der Waals surface area contributed by atoms with Crippen LogP contribution in [0.3, 0.4) is 0 Å². The molecule has 108 valence electrons. The lowest BCUT2D eigenvalue weighted by molar-refractivity contribution is 0.105. The molecule has 2 N–H and O–H groups in total. The number of aryl methyl sites for hydroxylation is 1. The third-order valence-corrected chi connectivity index (χ3v) is 3.55. The molecule has 0 spiro atoms. The monoisotopic (exact) mass is 263 g/mol. The number of hydrogen-bond acceptors (Lipinski definition) is 2. The van der Waals surface area contributed by atoms with Gasteiger partial charge in [-0.2, -0.15) is 0 Å². The Morgan fingerprint density at radius 2 is 1.68 bits per heavy atom. The zero-order valence-corrected chi connectivity index (χ0v) is 12.8. The first kappa shape index (κ1) is 16.2. The average molecular weight is 263 g/mol. The topological polar surface area (TPSA) is 32.3 Å². The Bertz CT molecular complexity index is 345. The summed E-state index contributed by atoms with van der Waals surface area (Å²) in [6.07, 6.45) is 2.93. The molecule has 1 aromatic carbocycles. The molecule has 0 saturated carbocycles. The van der Waals surface area contributed by atoms with Crippen molar-refractivity contribution in [1.82, 2.24) is 5.32 Å². The summed E-state index contributed by atoms with van der Waals surface area (Å²) in [6, 6.07) is 8.53. The molecule has 0 aliphatic heterocycles. The van der Waals surface area contributed by atoms with Gasteiger partial charge in [0.25, 0.3) is 0 Å². The maximum Gasteiger partial charge on any atom is 0.0945 e. The Labute approximate surface area is 118 Å². The van der Waals surface area contributed by atoms with Gasteiger partial charge in [0.05, 0.1) is 6.10 Å². The summed E-state index contributed by atoms with van der Waals surface area (Å²) in [7, 11) is 0. The first-order valence-corrected chi connectivity index (χ1v) is 7.60. The van der Waals surface area contributed by atoms with Crippen LogP contribution in [-0.2, 0) is 6.42 Å². The largest absolute Gasteiger partial charge is 0.387 e. The van der Waals surface area contributed by atoms with Crippen molar-refractivity contribution in [2.24, 2.45) is 5.92 Å². The maximum absolute atomic E-state index is 10.5. The molecule has 1 aromatic rings. The first-order chi connectivity index (χ1) is 9.10. The maximum atomic E-state index is 10.5. The second kappa shape index (κ2) is 8.34. The van der Waals surface area contributed by atoms with E-state index in [0.29, 0.717) is 5.92 Å². The highest BCUT2D eigenvalue weighted by atomic mass is 16.3. The zero-order valence-electron chi connectivity index (χ0n) is 12.8. The normalized spacial score (nSPS) is 14.6. The van der Waals surface area contributed by atoms with Crippen LogP contribution < -0.4 is 5.32 Å². The van der Waals surface area contributed by atoms with E-state index in [2.05, 4.69) is 57.3 Å². The number of hydrogen-bond donors (Lipinski definition) is 2. The van der Waals surface area contributed by atoms with Gasteiger partial charge in [0.15, 0.2) is 0 Å². The van der Waals surface area contributed by atoms with Crippen LogP contribution in [0.5, 0.6) is 0 Å². The predicted molar refractivity (Wildman–Crippen MR) is 82.3 cm³/mol. The molecular formula is C17H29NO. The molecule has 19 heavy (non-hydrogen) atoms. The highest BCUT2D eigenvalue weighted by Gasteiger charge is 2.23. The van der Waals surface area contributed by atoms with E-state index < -0.39 is 6.10 Å². The summed E-state index contributed by atoms with van der Waals surface area (Å²) in [5.74, 6) is 0.414. The number of benzene rings is 1. The van der Waals surface area contributed by atoms with Crippen LogP contribution in [0.1, 0.15) is 57.8 Å². The standard InChI is InChI=1S/C17H29NO/c1-5-7-14-8-10-15(11-9-14)17(19)16(13(3)4)18-12-6-2/h8-11,13,16-19H,5-7,12H2,1-4H3. The summed E-state index contributed by atoms with van der Waals surface area (Å²) in [5, 5.41) is 14.0. The highest BCUT2D eigenvalue weighted by molar-refractivity contribution is 5.25. The van der Waals surface area contributed by atoms with Crippen LogP contribution in [0.15, 0.2) is 24.3 Å². The van der Waals surface area contributed by atoms with Gasteiger partial charge in [-0.15, -0.1) is 0 Å². The summed E-state index contributed by atoms with van der Waals surface area (Å²) in [4.78, 5) is 0. The van der Waals surface area contributed by atoms with Crippen LogP contribution >= 0.6 is 0 Å². The van der Waals surface area contributed by atoms with Crippen LogP contribution in [0, 0.1) is 5.92 Å². The van der Waals surface area contributed by atoms with Crippen LogP contribution in [0.4, 0.5) is 0 Å². The zero-order chi connectivity index (χ0) is 14.3. The molecule has 0 fully saturated rings. The van der Waals surface area contributed by atoms with E-state index >= 15 is 0 Å². The minimum Gasteiger partial charge on any atom is -0.387 e. The Balaban J connectivity index is 2.74. The number of rotatable bonds is 8. The molecule has 0 aliphatic carbocycles. The second-order valence-corrected chi connectivity index (χ2v) is 5.66. The molecule has 0 bridgehead atoms. The van der Waals surface area contributed by atoms with E-state index in [1.807, 2.05) is 0 Å². The molecule has 0 saturated heterocycles. The highest BCUT2D eigenvalue weighted by Crippen LogP contribution is 2.22. The van der Waals surface area contributed by atoms with E-state index in [0.717, 1.165) is 31.4 Å². The molecular weight excluding hydrogens is 234 g/mol. The summed E-state index contributed by atoms with van der Waals surface area (Å²) in [5.41, 5.74) is 2.36. The number of aliphatic hydroxyl groups is 1. The SMILES string of the molecule is CCCNC(C(C)C)C(O)c1ccc(CCC)cc1. The van der Waals surface area contributed by atoms with Crippen molar-refractivity contribution in [3.8, 4) is 0 Å². The second-order valence-electron chi connectivity index (χ2n) is 5.66. The molecule has 0 aliphatic rings. The van der Waals surface area contributed by atoms with Crippen molar-refractivity contribution in [3.05, 3.63) is 35.4 Å². The lowest BCUT2D eigenvalue weighted by Gasteiger charge is -2.28. The number of nitrogens with one attached hydrogen (secondary N) is 1. The number of aliphatic hydroxyl groups excluding tert-OH is 1. The summed E-state index contributed by atoms with van der Waals surface area (Å²) >= 11 is 0. The molecule has 0 heterocycles. The Kier molecular flexibility index (Phi) is 7.11. The quantitative estimate of drug-likeness (QED) is 0.749. The Morgan fingerprint density at radius 3 is 2.16 bits per heavy atom. The van der Waals surface area contributed by atoms with E-state index in [4.69, 9.17) is 0 Å². The molecule has 0 radical (unpaired) electrons. The minimum atomic E-state index is -0.428. The molecule has 1 rings (SSSR count). The van der Waals surface area contributed by atoms with Crippen molar-refractivity contribution in [3.63, 3.8) is 0 Å². The summed E-state index contributed by atoms with van der Waals surface area (Å²) in [6.45, 7) is 9.60. The van der Waals surface area contributed by atoms with Gasteiger partial charge in [0.2, 0.25) is 0 Å². The van der Waals surface area contributed by atoms with Gasteiger partial charge in [-0.3, -0.25) is 0 Å². The third-order valence-electron chi connectivity index (χ3n) is 3.55. The predicted octanol–water partition coefficient (Wildman–Crippen LogP) is 3.70. The fraction of sp³-hybridized carbons (Fsp3) is 0.647. The Hall–Kier alpha value is -0.860. The minimum absolute atomic E-state index is 0.122. The van der Waals surface area contributed by atoms with Crippen LogP contribution in [0.2, 0.25) is 0 Å². The van der Waals surface area contributed by atoms with E-state index in [1.165, 1.54) is 5.56 Å². The van der Waals surface area contributed by atoms with Gasteiger partial charge in [0, 0.05) is 6.04 Å². The summed E-state index contributed by atoms with van der Waals surface area (Å²) < 4.78 is 0. The van der Waals surface area contributed by atoms with Crippen molar-refractivity contribution >= 4 is 0 Å². The van der Waals surface area contributed by atoms with E-state index in [-0.39, 0.29) is 6.04 Å². The van der Waals surface area contributed by atoms with Gasteiger partial charge in [-0.1, -0.05) is 58.4 Å². The lowest BCUT2D eigenvalue weighted by atomic mass is 9.92. The van der Waals surface area contributed by atoms with E-state index in [9.17, 15) is 5.11 Å². The van der Waals surface area contributed by atoms with E-state index in [1.54, 1.807) is 0 Å².